The number of aldehydes is 1. The Kier molecular flexibility index (Phi) is 9.90. The summed E-state index contributed by atoms with van der Waals surface area (Å²) in [5.74, 6) is -2.17. The van der Waals surface area contributed by atoms with Gasteiger partial charge in [-0.3, -0.25) is 20.4 Å². The summed E-state index contributed by atoms with van der Waals surface area (Å²) < 4.78 is 40.8. The highest BCUT2D eigenvalue weighted by molar-refractivity contribution is 8.26. The number of carbonyl (C=O) groups is 1. The van der Waals surface area contributed by atoms with E-state index in [9.17, 15) is 18.4 Å². The minimum atomic E-state index is -0.798. The predicted octanol–water partition coefficient (Wildman–Crippen LogP) is 3.67. The van der Waals surface area contributed by atoms with Gasteiger partial charge < -0.3 is 13.9 Å². The molecule has 0 aliphatic rings. The molecule has 0 unspecified atom stereocenters. The Morgan fingerprint density at radius 2 is 1.93 bits per heavy atom. The molecular weight excluding hydrogens is 406 g/mol. The summed E-state index contributed by atoms with van der Waals surface area (Å²) >= 11 is 0.610. The van der Waals surface area contributed by atoms with Gasteiger partial charge in [-0.05, 0) is 18.6 Å². The van der Waals surface area contributed by atoms with E-state index in [4.69, 9.17) is 20.0 Å². The Labute approximate surface area is 170 Å². The largest absolute Gasteiger partial charge is 0.489 e. The molecule has 1 aromatic heterocycles. The summed E-state index contributed by atoms with van der Waals surface area (Å²) in [4.78, 5) is 23.0. The fourth-order valence-electron chi connectivity index (χ4n) is 1.95. The van der Waals surface area contributed by atoms with Crippen molar-refractivity contribution >= 4 is 28.1 Å². The molecule has 0 saturated heterocycles. The number of benzene rings is 1. The third kappa shape index (κ3) is 6.91. The van der Waals surface area contributed by atoms with Gasteiger partial charge in [0.05, 0.1) is 17.7 Å². The van der Waals surface area contributed by atoms with Gasteiger partial charge in [-0.1, -0.05) is 17.8 Å². The Morgan fingerprint density at radius 3 is 2.45 bits per heavy atom. The number of methoxy groups -OCH3 is 2. The van der Waals surface area contributed by atoms with Gasteiger partial charge >= 0.3 is 0 Å². The van der Waals surface area contributed by atoms with E-state index in [0.717, 1.165) is 18.9 Å². The van der Waals surface area contributed by atoms with Gasteiger partial charge in [0.25, 0.3) is 0 Å². The van der Waals surface area contributed by atoms with Crippen LogP contribution in [0.2, 0.25) is 0 Å². The molecule has 0 spiro atoms. The van der Waals surface area contributed by atoms with Crippen LogP contribution in [0.5, 0.6) is 5.75 Å². The molecule has 10 heteroatoms. The number of ether oxygens (including phenoxy) is 2. The van der Waals surface area contributed by atoms with Gasteiger partial charge in [0.2, 0.25) is 16.9 Å². The molecule has 0 saturated carbocycles. The number of thioether (sulfide) groups is 1. The highest BCUT2D eigenvalue weighted by Gasteiger charge is 2.19. The van der Waals surface area contributed by atoms with E-state index in [1.807, 2.05) is 6.92 Å². The van der Waals surface area contributed by atoms with Crippen LogP contribution in [-0.4, -0.2) is 37.2 Å². The molecule has 0 atom stereocenters. The lowest BCUT2D eigenvalue weighted by molar-refractivity contribution is 0.109. The highest BCUT2D eigenvalue weighted by Crippen LogP contribution is 2.19. The van der Waals surface area contributed by atoms with E-state index < -0.39 is 17.1 Å². The molecule has 0 aliphatic carbocycles. The zero-order chi connectivity index (χ0) is 22.0. The zero-order valence-corrected chi connectivity index (χ0v) is 16.8. The number of rotatable bonds is 6. The second kappa shape index (κ2) is 11.9. The zero-order valence-electron chi connectivity index (χ0n) is 16.0. The third-order valence-electron chi connectivity index (χ3n) is 3.41. The van der Waals surface area contributed by atoms with Gasteiger partial charge in [-0.2, -0.15) is 0 Å². The molecule has 1 aromatic carbocycles. The quantitative estimate of drug-likeness (QED) is 0.414. The van der Waals surface area contributed by atoms with Crippen molar-refractivity contribution in [2.75, 3.05) is 20.8 Å². The standard InChI is InChI=1S/C16H12F2N2O4S.C3H8O/c1-23-15-12(6-21)24-7-10(14(15)22)16(20)25-13(19)4-8-2-3-9(17)5-11(8)18;1-3-4-2/h2-3,5-7,19-20H,4H2,1H3;3H2,1-2H3. The molecule has 2 rings (SSSR count). The number of halogens is 2. The van der Waals surface area contributed by atoms with Crippen LogP contribution in [0.3, 0.4) is 0 Å². The SMILES string of the molecule is CCOC.COc1c(C=O)occ(C(=N)SC(=N)Cc2ccc(F)cc2F)c1=O. The first-order valence-electron chi connectivity index (χ1n) is 8.20. The lowest BCUT2D eigenvalue weighted by Crippen LogP contribution is -2.17. The normalized spacial score (nSPS) is 9.97. The van der Waals surface area contributed by atoms with Crippen molar-refractivity contribution < 1.29 is 27.5 Å². The first-order chi connectivity index (χ1) is 13.8. The van der Waals surface area contributed by atoms with E-state index >= 15 is 0 Å². The van der Waals surface area contributed by atoms with Crippen LogP contribution in [-0.2, 0) is 11.2 Å². The summed E-state index contributed by atoms with van der Waals surface area (Å²) in [5.41, 5.74) is -0.835. The van der Waals surface area contributed by atoms with Crippen LogP contribution < -0.4 is 10.2 Å². The number of carbonyl (C=O) groups excluding carboxylic acids is 1. The maximum absolute atomic E-state index is 13.6. The van der Waals surface area contributed by atoms with Crippen LogP contribution in [0.1, 0.15) is 28.6 Å². The smallest absolute Gasteiger partial charge is 0.237 e. The minimum absolute atomic E-state index is 0.0904. The van der Waals surface area contributed by atoms with Crippen molar-refractivity contribution in [3.8, 4) is 5.75 Å². The predicted molar refractivity (Wildman–Crippen MR) is 107 cm³/mol. The van der Waals surface area contributed by atoms with Crippen LogP contribution in [0.25, 0.3) is 0 Å². The molecular formula is C19H20F2N2O5S. The minimum Gasteiger partial charge on any atom is -0.489 e. The fourth-order valence-corrected chi connectivity index (χ4v) is 2.67. The summed E-state index contributed by atoms with van der Waals surface area (Å²) in [6.07, 6.45) is 1.06. The van der Waals surface area contributed by atoms with E-state index in [1.165, 1.54) is 13.2 Å². The number of nitrogens with one attached hydrogen (secondary N) is 2. The van der Waals surface area contributed by atoms with E-state index in [-0.39, 0.29) is 39.1 Å². The van der Waals surface area contributed by atoms with Crippen molar-refractivity contribution in [3.63, 3.8) is 0 Å². The molecule has 156 valence electrons. The number of hydrogen-bond acceptors (Lipinski definition) is 8. The average Bonchev–Trinajstić information content (AvgIpc) is 2.69. The Bertz CT molecular complexity index is 945. The van der Waals surface area contributed by atoms with E-state index in [0.29, 0.717) is 24.1 Å². The summed E-state index contributed by atoms with van der Waals surface area (Å²) in [6.45, 7) is 2.78. The second-order valence-electron chi connectivity index (χ2n) is 5.34. The van der Waals surface area contributed by atoms with Crippen LogP contribution in [0, 0.1) is 22.5 Å². The molecule has 2 N–H and O–H groups in total. The second-order valence-corrected chi connectivity index (χ2v) is 6.44. The maximum Gasteiger partial charge on any atom is 0.237 e. The lowest BCUT2D eigenvalue weighted by Gasteiger charge is -2.08. The first kappa shape index (κ1) is 24.2. The van der Waals surface area contributed by atoms with Crippen molar-refractivity contribution in [3.05, 3.63) is 63.2 Å². The summed E-state index contributed by atoms with van der Waals surface area (Å²) in [6, 6.07) is 2.98. The maximum atomic E-state index is 13.6. The Hall–Kier alpha value is -2.85. The Morgan fingerprint density at radius 1 is 1.28 bits per heavy atom. The molecule has 7 nitrogen and oxygen atoms in total. The van der Waals surface area contributed by atoms with Crippen molar-refractivity contribution in [1.29, 1.82) is 10.8 Å². The topological polar surface area (TPSA) is 113 Å². The summed E-state index contributed by atoms with van der Waals surface area (Å²) in [5, 5.41) is 15.3. The number of hydrogen-bond donors (Lipinski definition) is 2. The van der Waals surface area contributed by atoms with Crippen LogP contribution in [0.15, 0.2) is 33.7 Å². The van der Waals surface area contributed by atoms with E-state index in [1.54, 1.807) is 7.11 Å². The molecule has 0 radical (unpaired) electrons. The highest BCUT2D eigenvalue weighted by atomic mass is 32.2. The van der Waals surface area contributed by atoms with Gasteiger partial charge in [0.1, 0.15) is 22.9 Å². The molecule has 1 heterocycles. The van der Waals surface area contributed by atoms with Crippen molar-refractivity contribution in [2.45, 2.75) is 13.3 Å². The van der Waals surface area contributed by atoms with E-state index in [2.05, 4.69) is 4.74 Å². The molecule has 29 heavy (non-hydrogen) atoms. The molecule has 0 bridgehead atoms. The van der Waals surface area contributed by atoms with Crippen molar-refractivity contribution in [1.82, 2.24) is 0 Å². The van der Waals surface area contributed by atoms with Crippen LogP contribution >= 0.6 is 11.8 Å². The van der Waals surface area contributed by atoms with Gasteiger partial charge in [-0.25, -0.2) is 8.78 Å². The van der Waals surface area contributed by atoms with Crippen molar-refractivity contribution in [2.24, 2.45) is 0 Å². The average molecular weight is 426 g/mol. The lowest BCUT2D eigenvalue weighted by atomic mass is 10.1. The molecule has 0 aliphatic heterocycles. The molecule has 0 amide bonds. The molecule has 0 fully saturated rings. The van der Waals surface area contributed by atoms with Crippen LogP contribution in [0.4, 0.5) is 8.78 Å². The first-order valence-corrected chi connectivity index (χ1v) is 9.02. The van der Waals surface area contributed by atoms with Gasteiger partial charge in [-0.15, -0.1) is 0 Å². The molecule has 2 aromatic rings. The van der Waals surface area contributed by atoms with Gasteiger partial charge in [0.15, 0.2) is 6.29 Å². The monoisotopic (exact) mass is 426 g/mol. The fraction of sp³-hybridized carbons (Fsp3) is 0.263. The Balaban J connectivity index is 0.000000960. The third-order valence-corrected chi connectivity index (χ3v) is 4.23. The summed E-state index contributed by atoms with van der Waals surface area (Å²) in [7, 11) is 2.86. The van der Waals surface area contributed by atoms with Gasteiger partial charge in [0, 0.05) is 26.2 Å².